The normalized spacial score (nSPS) is 26.6. The quantitative estimate of drug-likeness (QED) is 0.854. The highest BCUT2D eigenvalue weighted by molar-refractivity contribution is 9.10. The van der Waals surface area contributed by atoms with E-state index >= 15 is 0 Å². The van der Waals surface area contributed by atoms with E-state index in [-0.39, 0.29) is 18.0 Å². The monoisotopic (exact) mass is 273 g/mol. The van der Waals surface area contributed by atoms with Crippen molar-refractivity contribution in [3.8, 4) is 0 Å². The van der Waals surface area contributed by atoms with Crippen molar-refractivity contribution in [3.63, 3.8) is 0 Å². The third-order valence-corrected chi connectivity index (χ3v) is 3.28. The van der Waals surface area contributed by atoms with Crippen LogP contribution in [0.1, 0.15) is 24.5 Å². The van der Waals surface area contributed by atoms with Crippen LogP contribution in [-0.2, 0) is 4.74 Å². The first-order valence-corrected chi connectivity index (χ1v) is 5.80. The van der Waals surface area contributed by atoms with Gasteiger partial charge >= 0.3 is 0 Å². The van der Waals surface area contributed by atoms with Gasteiger partial charge in [-0.3, -0.25) is 0 Å². The predicted molar refractivity (Wildman–Crippen MR) is 60.0 cm³/mol. The van der Waals surface area contributed by atoms with E-state index < -0.39 is 0 Å². The first-order valence-electron chi connectivity index (χ1n) is 5.00. The molecule has 0 saturated carbocycles. The first-order chi connectivity index (χ1) is 7.18. The van der Waals surface area contributed by atoms with E-state index in [9.17, 15) is 4.39 Å². The summed E-state index contributed by atoms with van der Waals surface area (Å²) < 4.78 is 19.4. The second-order valence-corrected chi connectivity index (χ2v) is 4.63. The van der Waals surface area contributed by atoms with Crippen LogP contribution in [0.25, 0.3) is 0 Å². The maximum Gasteiger partial charge on any atom is 0.137 e. The maximum atomic E-state index is 13.3. The Labute approximate surface area is 96.7 Å². The van der Waals surface area contributed by atoms with Gasteiger partial charge in [0, 0.05) is 12.6 Å². The minimum atomic E-state index is -0.270. The van der Waals surface area contributed by atoms with E-state index in [4.69, 9.17) is 10.5 Å². The van der Waals surface area contributed by atoms with Gasteiger partial charge in [-0.1, -0.05) is 6.07 Å². The van der Waals surface area contributed by atoms with E-state index in [1.165, 1.54) is 6.07 Å². The molecule has 15 heavy (non-hydrogen) atoms. The molecule has 1 fully saturated rings. The second kappa shape index (κ2) is 4.60. The molecular weight excluding hydrogens is 261 g/mol. The van der Waals surface area contributed by atoms with Crippen molar-refractivity contribution in [2.24, 2.45) is 5.73 Å². The number of nitrogens with two attached hydrogens (primary N) is 1. The van der Waals surface area contributed by atoms with E-state index in [2.05, 4.69) is 15.9 Å². The van der Waals surface area contributed by atoms with Gasteiger partial charge in [0.2, 0.25) is 0 Å². The summed E-state index contributed by atoms with van der Waals surface area (Å²) in [5, 5.41) is 0. The van der Waals surface area contributed by atoms with Crippen LogP contribution >= 0.6 is 15.9 Å². The fraction of sp³-hybridized carbons (Fsp3) is 0.455. The Hall–Kier alpha value is -0.450. The highest BCUT2D eigenvalue weighted by atomic mass is 79.9. The fourth-order valence-electron chi connectivity index (χ4n) is 1.84. The Kier molecular flexibility index (Phi) is 3.38. The number of benzene rings is 1. The third kappa shape index (κ3) is 2.38. The molecule has 1 heterocycles. The minimum absolute atomic E-state index is 0.0284. The Morgan fingerprint density at radius 1 is 1.47 bits per heavy atom. The summed E-state index contributed by atoms with van der Waals surface area (Å²) in [6.07, 6.45) is 1.75. The lowest BCUT2D eigenvalue weighted by Crippen LogP contribution is -2.34. The SMILES string of the molecule is NC1CCCOC1c1ccc(Br)c(F)c1. The number of hydrogen-bond donors (Lipinski definition) is 1. The van der Waals surface area contributed by atoms with Gasteiger partial charge < -0.3 is 10.5 Å². The molecule has 0 aliphatic carbocycles. The van der Waals surface area contributed by atoms with Crippen molar-refractivity contribution in [1.29, 1.82) is 0 Å². The van der Waals surface area contributed by atoms with Gasteiger partial charge in [0.15, 0.2) is 0 Å². The van der Waals surface area contributed by atoms with Crippen LogP contribution in [0, 0.1) is 5.82 Å². The lowest BCUT2D eigenvalue weighted by Gasteiger charge is -2.29. The van der Waals surface area contributed by atoms with Crippen LogP contribution in [0.15, 0.2) is 22.7 Å². The van der Waals surface area contributed by atoms with Crippen molar-refractivity contribution in [2.75, 3.05) is 6.61 Å². The molecule has 2 atom stereocenters. The molecule has 4 heteroatoms. The Bertz CT molecular complexity index is 358. The summed E-state index contributed by atoms with van der Waals surface area (Å²) in [7, 11) is 0. The average molecular weight is 274 g/mol. The van der Waals surface area contributed by atoms with Gasteiger partial charge in [0.1, 0.15) is 5.82 Å². The molecule has 2 unspecified atom stereocenters. The predicted octanol–water partition coefficient (Wildman–Crippen LogP) is 2.77. The lowest BCUT2D eigenvalue weighted by atomic mass is 9.97. The van der Waals surface area contributed by atoms with Crippen molar-refractivity contribution in [1.82, 2.24) is 0 Å². The van der Waals surface area contributed by atoms with Crippen LogP contribution in [0.3, 0.4) is 0 Å². The van der Waals surface area contributed by atoms with Gasteiger partial charge in [0.05, 0.1) is 10.6 Å². The summed E-state index contributed by atoms with van der Waals surface area (Å²) in [4.78, 5) is 0. The van der Waals surface area contributed by atoms with Crippen molar-refractivity contribution >= 4 is 15.9 Å². The standard InChI is InChI=1S/C11H13BrFNO/c12-8-4-3-7(6-9(8)13)11-10(14)2-1-5-15-11/h3-4,6,10-11H,1-2,5,14H2. The zero-order valence-electron chi connectivity index (χ0n) is 8.25. The zero-order valence-corrected chi connectivity index (χ0v) is 9.84. The molecule has 1 aromatic rings. The molecule has 1 aliphatic heterocycles. The van der Waals surface area contributed by atoms with E-state index in [1.54, 1.807) is 6.07 Å². The summed E-state index contributed by atoms with van der Waals surface area (Å²) >= 11 is 3.12. The Morgan fingerprint density at radius 3 is 2.93 bits per heavy atom. The van der Waals surface area contributed by atoms with Crippen LogP contribution in [0.2, 0.25) is 0 Å². The molecule has 1 aliphatic rings. The average Bonchev–Trinajstić information content (AvgIpc) is 2.23. The maximum absolute atomic E-state index is 13.3. The summed E-state index contributed by atoms with van der Waals surface area (Å²) in [6.45, 7) is 0.704. The van der Waals surface area contributed by atoms with E-state index in [0.717, 1.165) is 18.4 Å². The second-order valence-electron chi connectivity index (χ2n) is 3.77. The Balaban J connectivity index is 2.24. The Morgan fingerprint density at radius 2 is 2.27 bits per heavy atom. The molecule has 0 amide bonds. The first kappa shape index (κ1) is 11.0. The van der Waals surface area contributed by atoms with Crippen LogP contribution in [0.5, 0.6) is 0 Å². The highest BCUT2D eigenvalue weighted by Gasteiger charge is 2.24. The van der Waals surface area contributed by atoms with Gasteiger partial charge in [0.25, 0.3) is 0 Å². The van der Waals surface area contributed by atoms with Crippen LogP contribution in [-0.4, -0.2) is 12.6 Å². The van der Waals surface area contributed by atoms with Gasteiger partial charge in [-0.15, -0.1) is 0 Å². The summed E-state index contributed by atoms with van der Waals surface area (Å²) in [5.41, 5.74) is 6.76. The molecule has 82 valence electrons. The molecule has 0 radical (unpaired) electrons. The molecule has 0 aromatic heterocycles. The van der Waals surface area contributed by atoms with E-state index in [0.29, 0.717) is 11.1 Å². The molecule has 2 rings (SSSR count). The number of ether oxygens (including phenoxy) is 1. The van der Waals surface area contributed by atoms with Crippen molar-refractivity contribution < 1.29 is 9.13 Å². The van der Waals surface area contributed by atoms with E-state index in [1.807, 2.05) is 6.07 Å². The minimum Gasteiger partial charge on any atom is -0.372 e. The molecule has 1 aromatic carbocycles. The molecule has 2 nitrogen and oxygen atoms in total. The molecule has 0 spiro atoms. The molecule has 0 bridgehead atoms. The third-order valence-electron chi connectivity index (χ3n) is 2.64. The topological polar surface area (TPSA) is 35.2 Å². The van der Waals surface area contributed by atoms with Crippen molar-refractivity contribution in [3.05, 3.63) is 34.1 Å². The van der Waals surface area contributed by atoms with Crippen LogP contribution < -0.4 is 5.73 Å². The molecule has 1 saturated heterocycles. The largest absolute Gasteiger partial charge is 0.372 e. The van der Waals surface area contributed by atoms with Crippen molar-refractivity contribution in [2.45, 2.75) is 25.0 Å². The van der Waals surface area contributed by atoms with Gasteiger partial charge in [-0.25, -0.2) is 4.39 Å². The highest BCUT2D eigenvalue weighted by Crippen LogP contribution is 2.29. The molecular formula is C11H13BrFNO. The number of halogens is 2. The smallest absolute Gasteiger partial charge is 0.137 e. The number of hydrogen-bond acceptors (Lipinski definition) is 2. The van der Waals surface area contributed by atoms with Crippen LogP contribution in [0.4, 0.5) is 4.39 Å². The van der Waals surface area contributed by atoms with Gasteiger partial charge in [-0.05, 0) is 46.5 Å². The lowest BCUT2D eigenvalue weighted by molar-refractivity contribution is -0.0000251. The van der Waals surface area contributed by atoms with Gasteiger partial charge in [-0.2, -0.15) is 0 Å². The summed E-state index contributed by atoms with van der Waals surface area (Å²) in [5.74, 6) is -0.270. The fourth-order valence-corrected chi connectivity index (χ4v) is 2.08. The number of rotatable bonds is 1. The zero-order chi connectivity index (χ0) is 10.8. The molecule has 2 N–H and O–H groups in total. The summed E-state index contributed by atoms with van der Waals surface area (Å²) in [6, 6.07) is 5.00.